The van der Waals surface area contributed by atoms with Gasteiger partial charge in [0.1, 0.15) is 11.6 Å². The number of carbonyl (C=O) groups is 1. The molecule has 0 radical (unpaired) electrons. The van der Waals surface area contributed by atoms with Crippen LogP contribution in [0.25, 0.3) is 5.82 Å². The zero-order chi connectivity index (χ0) is 27.4. The lowest BCUT2D eigenvalue weighted by atomic mass is 9.90. The second kappa shape index (κ2) is 12.0. The number of aliphatic hydroxyl groups is 1. The molecule has 1 fully saturated rings. The van der Waals surface area contributed by atoms with E-state index in [1.54, 1.807) is 53.5 Å². The average Bonchev–Trinajstić information content (AvgIpc) is 3.44. The van der Waals surface area contributed by atoms with Gasteiger partial charge in [-0.2, -0.15) is 0 Å². The van der Waals surface area contributed by atoms with Crippen molar-refractivity contribution >= 4 is 35.2 Å². The maximum absolute atomic E-state index is 14.9. The molecule has 10 heteroatoms. The number of carbonyl (C=O) groups excluding carboxylic acids is 1. The van der Waals surface area contributed by atoms with Crippen LogP contribution >= 0.6 is 11.6 Å². The summed E-state index contributed by atoms with van der Waals surface area (Å²) in [4.78, 5) is 17.4. The molecular formula is C29H32ClFN6O2. The molecule has 2 atom stereocenters. The van der Waals surface area contributed by atoms with E-state index in [0.29, 0.717) is 16.3 Å². The molecule has 5 N–H and O–H groups in total. The van der Waals surface area contributed by atoms with Crippen LogP contribution in [0.15, 0.2) is 71.5 Å². The first-order chi connectivity index (χ1) is 18.9. The fourth-order valence-corrected chi connectivity index (χ4v) is 5.19. The monoisotopic (exact) mass is 550 g/mol. The Morgan fingerprint density at radius 3 is 2.79 bits per heavy atom. The van der Waals surface area contributed by atoms with Crippen LogP contribution < -0.4 is 21.3 Å². The first-order valence-electron chi connectivity index (χ1n) is 13.0. The number of nitrogens with zero attached hydrogens (tertiary/aromatic N) is 2. The summed E-state index contributed by atoms with van der Waals surface area (Å²) < 4.78 is 16.7. The minimum Gasteiger partial charge on any atom is -0.394 e. The van der Waals surface area contributed by atoms with Gasteiger partial charge in [-0.1, -0.05) is 29.8 Å². The van der Waals surface area contributed by atoms with Gasteiger partial charge in [0.25, 0.3) is 5.91 Å². The number of nitrogens with one attached hydrogen (secondary N) is 4. The molecule has 0 saturated carbocycles. The molecular weight excluding hydrogens is 519 g/mol. The number of halogens is 2. The number of amides is 1. The fraction of sp³-hybridized carbons (Fsp3) is 0.310. The van der Waals surface area contributed by atoms with Gasteiger partial charge < -0.3 is 30.9 Å². The number of hydrogen-bond acceptors (Lipinski definition) is 6. The summed E-state index contributed by atoms with van der Waals surface area (Å²) in [6.45, 7) is 3.47. The smallest absolute Gasteiger partial charge is 0.253 e. The molecule has 39 heavy (non-hydrogen) atoms. The zero-order valence-electron chi connectivity index (χ0n) is 21.6. The van der Waals surface area contributed by atoms with E-state index in [9.17, 15) is 14.3 Å². The van der Waals surface area contributed by atoms with Crippen LogP contribution in [0.4, 0.5) is 10.1 Å². The van der Waals surface area contributed by atoms with Crippen LogP contribution in [0.3, 0.4) is 0 Å². The number of rotatable bonds is 8. The summed E-state index contributed by atoms with van der Waals surface area (Å²) in [7, 11) is 0. The van der Waals surface area contributed by atoms with E-state index in [2.05, 4.69) is 26.3 Å². The Morgan fingerprint density at radius 2 is 2.05 bits per heavy atom. The lowest BCUT2D eigenvalue weighted by molar-refractivity contribution is 0.0916. The van der Waals surface area contributed by atoms with Gasteiger partial charge in [0.15, 0.2) is 6.29 Å². The highest BCUT2D eigenvalue weighted by Crippen LogP contribution is 2.29. The fourth-order valence-electron chi connectivity index (χ4n) is 4.99. The van der Waals surface area contributed by atoms with Gasteiger partial charge in [-0.05, 0) is 80.2 Å². The number of aromatic nitrogens is 1. The maximum atomic E-state index is 14.9. The van der Waals surface area contributed by atoms with Crippen molar-refractivity contribution < 1.29 is 14.3 Å². The van der Waals surface area contributed by atoms with Crippen LogP contribution in [0.5, 0.6) is 0 Å². The molecule has 1 aromatic heterocycles. The van der Waals surface area contributed by atoms with Crippen molar-refractivity contribution in [3.8, 4) is 0 Å². The van der Waals surface area contributed by atoms with Crippen molar-refractivity contribution in [2.45, 2.75) is 38.0 Å². The van der Waals surface area contributed by atoms with E-state index in [1.165, 1.54) is 6.07 Å². The number of hydrogen-bond donors (Lipinski definition) is 5. The number of aliphatic imine (C=N–C) groups is 1. The van der Waals surface area contributed by atoms with Crippen LogP contribution in [0, 0.1) is 5.82 Å². The first kappa shape index (κ1) is 26.9. The van der Waals surface area contributed by atoms with Crippen molar-refractivity contribution in [1.82, 2.24) is 20.5 Å². The molecule has 0 aliphatic carbocycles. The molecule has 1 saturated heterocycles. The Morgan fingerprint density at radius 1 is 1.23 bits per heavy atom. The number of aliphatic hydroxyl groups excluding tert-OH is 1. The average molecular weight is 551 g/mol. The Kier molecular flexibility index (Phi) is 8.30. The van der Waals surface area contributed by atoms with Crippen LogP contribution in [0.2, 0.25) is 5.02 Å². The molecule has 2 unspecified atom stereocenters. The number of anilines is 1. The van der Waals surface area contributed by atoms with Crippen molar-refractivity contribution in [3.05, 3.63) is 94.0 Å². The Balaban J connectivity index is 1.24. The van der Waals surface area contributed by atoms with E-state index in [-0.39, 0.29) is 24.2 Å². The largest absolute Gasteiger partial charge is 0.394 e. The molecule has 3 heterocycles. The first-order valence-corrected chi connectivity index (χ1v) is 13.4. The van der Waals surface area contributed by atoms with Crippen molar-refractivity contribution in [1.29, 1.82) is 0 Å². The normalized spacial score (nSPS) is 18.5. The molecule has 3 aromatic rings. The third-order valence-electron chi connectivity index (χ3n) is 7.10. The summed E-state index contributed by atoms with van der Waals surface area (Å²) in [5, 5.41) is 23.1. The minimum atomic E-state index is -0.587. The Bertz CT molecular complexity index is 1400. The third kappa shape index (κ3) is 6.33. The van der Waals surface area contributed by atoms with Crippen LogP contribution in [-0.2, 0) is 0 Å². The summed E-state index contributed by atoms with van der Waals surface area (Å²) >= 11 is 6.07. The van der Waals surface area contributed by atoms with Crippen molar-refractivity contribution in [2.24, 2.45) is 4.99 Å². The molecule has 1 amide bonds. The summed E-state index contributed by atoms with van der Waals surface area (Å²) in [5.74, 6) is 0.441. The van der Waals surface area contributed by atoms with Crippen molar-refractivity contribution in [2.75, 3.05) is 25.0 Å². The highest BCUT2D eigenvalue weighted by Gasteiger charge is 2.21. The van der Waals surface area contributed by atoms with Gasteiger partial charge in [0, 0.05) is 34.9 Å². The van der Waals surface area contributed by atoms with E-state index in [1.807, 2.05) is 19.1 Å². The Hall–Kier alpha value is -3.66. The van der Waals surface area contributed by atoms with Crippen molar-refractivity contribution in [3.63, 3.8) is 0 Å². The van der Waals surface area contributed by atoms with E-state index < -0.39 is 12.3 Å². The van der Waals surface area contributed by atoms with Gasteiger partial charge in [0.2, 0.25) is 0 Å². The summed E-state index contributed by atoms with van der Waals surface area (Å²) in [6.07, 6.45) is 6.57. The molecule has 0 bridgehead atoms. The SMILES string of the molecule is CC1=C(n2ccc(C(=O)NC(CO)c3cccc(Cl)c3)c2)NC(Nc2ccc(C3CCNCC3)c(F)c2)N=C1. The number of allylic oxidation sites excluding steroid dienone is 1. The molecule has 2 aliphatic rings. The summed E-state index contributed by atoms with van der Waals surface area (Å²) in [6, 6.07) is 13.4. The van der Waals surface area contributed by atoms with Gasteiger partial charge in [-0.15, -0.1) is 0 Å². The van der Waals surface area contributed by atoms with E-state index in [4.69, 9.17) is 11.6 Å². The molecule has 5 rings (SSSR count). The highest BCUT2D eigenvalue weighted by atomic mass is 35.5. The lowest BCUT2D eigenvalue weighted by Gasteiger charge is -2.26. The van der Waals surface area contributed by atoms with E-state index in [0.717, 1.165) is 48.5 Å². The topological polar surface area (TPSA) is 103 Å². The molecule has 2 aromatic carbocycles. The van der Waals surface area contributed by atoms with E-state index >= 15 is 0 Å². The van der Waals surface area contributed by atoms with Gasteiger partial charge in [-0.25, -0.2) is 9.38 Å². The van der Waals surface area contributed by atoms with Gasteiger partial charge in [0.05, 0.1) is 18.2 Å². The van der Waals surface area contributed by atoms with Crippen LogP contribution in [0.1, 0.15) is 53.2 Å². The Labute approximate surface area is 232 Å². The predicted octanol–water partition coefficient (Wildman–Crippen LogP) is 4.47. The zero-order valence-corrected chi connectivity index (χ0v) is 22.4. The third-order valence-corrected chi connectivity index (χ3v) is 7.33. The van der Waals surface area contributed by atoms with Gasteiger partial charge in [-0.3, -0.25) is 4.79 Å². The predicted molar refractivity (Wildman–Crippen MR) is 152 cm³/mol. The standard InChI is InChI=1S/C29H32ClFN6O2/c1-18-15-33-29(34-23-5-6-24(25(31)14-23)19-7-10-32-11-8-19)36-27(18)37-12-9-21(16-37)28(39)35-26(17-38)20-3-2-4-22(30)13-20/h2-6,9,12-16,19,26,29,32,34,36,38H,7-8,10-11,17H2,1H3,(H,35,39). The highest BCUT2D eigenvalue weighted by molar-refractivity contribution is 6.30. The second-order valence-electron chi connectivity index (χ2n) is 9.83. The molecule has 8 nitrogen and oxygen atoms in total. The molecule has 204 valence electrons. The maximum Gasteiger partial charge on any atom is 0.253 e. The van der Waals surface area contributed by atoms with Gasteiger partial charge >= 0.3 is 0 Å². The van der Waals surface area contributed by atoms with Crippen LogP contribution in [-0.4, -0.2) is 47.8 Å². The molecule has 2 aliphatic heterocycles. The lowest BCUT2D eigenvalue weighted by Crippen LogP contribution is -2.38. The minimum absolute atomic E-state index is 0.210. The second-order valence-corrected chi connectivity index (χ2v) is 10.3. The number of piperidine rings is 1. The quantitative estimate of drug-likeness (QED) is 0.285. The summed E-state index contributed by atoms with van der Waals surface area (Å²) in [5.41, 5.74) is 3.41. The number of benzene rings is 2. The molecule has 0 spiro atoms.